The van der Waals surface area contributed by atoms with Crippen LogP contribution in [0.4, 0.5) is 11.4 Å². The van der Waals surface area contributed by atoms with Gasteiger partial charge in [0.1, 0.15) is 11.4 Å². The number of nitro groups is 1. The molecule has 2 rings (SSSR count). The number of ether oxygens (including phenoxy) is 2. The van der Waals surface area contributed by atoms with Gasteiger partial charge in [0.15, 0.2) is 0 Å². The zero-order valence-electron chi connectivity index (χ0n) is 10.7. The first-order valence-electron chi connectivity index (χ1n) is 6.04. The summed E-state index contributed by atoms with van der Waals surface area (Å²) in [4.78, 5) is 12.7. The van der Waals surface area contributed by atoms with Crippen molar-refractivity contribution >= 4 is 11.4 Å². The fourth-order valence-corrected chi connectivity index (χ4v) is 2.12. The van der Waals surface area contributed by atoms with E-state index in [0.29, 0.717) is 37.7 Å². The lowest BCUT2D eigenvalue weighted by molar-refractivity contribution is -0.384. The molecule has 7 nitrogen and oxygen atoms in total. The third-order valence-corrected chi connectivity index (χ3v) is 3.12. The summed E-state index contributed by atoms with van der Waals surface area (Å²) >= 11 is 0. The zero-order chi connectivity index (χ0) is 13.8. The molecule has 1 aliphatic rings. The SMILES string of the molecule is COc1ccc(N2CCOC(CN)C2)c([N+](=O)[O-])c1. The number of methoxy groups -OCH3 is 1. The number of rotatable bonds is 4. The Labute approximate surface area is 111 Å². The van der Waals surface area contributed by atoms with Gasteiger partial charge in [-0.25, -0.2) is 0 Å². The van der Waals surface area contributed by atoms with E-state index in [-0.39, 0.29) is 11.8 Å². The Morgan fingerprint density at radius 2 is 2.42 bits per heavy atom. The number of anilines is 1. The first kappa shape index (κ1) is 13.6. The molecule has 0 radical (unpaired) electrons. The number of benzene rings is 1. The summed E-state index contributed by atoms with van der Waals surface area (Å²) < 4.78 is 10.5. The summed E-state index contributed by atoms with van der Waals surface area (Å²) in [5, 5.41) is 11.2. The highest BCUT2D eigenvalue weighted by Crippen LogP contribution is 2.32. The Hall–Kier alpha value is -1.86. The average Bonchev–Trinajstić information content (AvgIpc) is 2.46. The largest absolute Gasteiger partial charge is 0.496 e. The van der Waals surface area contributed by atoms with Gasteiger partial charge in [-0.3, -0.25) is 10.1 Å². The summed E-state index contributed by atoms with van der Waals surface area (Å²) in [6, 6.07) is 4.85. The van der Waals surface area contributed by atoms with E-state index in [2.05, 4.69) is 0 Å². The number of morpholine rings is 1. The molecule has 1 saturated heterocycles. The lowest BCUT2D eigenvalue weighted by Gasteiger charge is -2.33. The Balaban J connectivity index is 2.30. The van der Waals surface area contributed by atoms with Crippen LogP contribution in [0, 0.1) is 10.1 Å². The molecule has 104 valence electrons. The topological polar surface area (TPSA) is 90.9 Å². The fraction of sp³-hybridized carbons (Fsp3) is 0.500. The van der Waals surface area contributed by atoms with Crippen LogP contribution in [0.15, 0.2) is 18.2 Å². The average molecular weight is 267 g/mol. The summed E-state index contributed by atoms with van der Waals surface area (Å²) in [6.07, 6.45) is -0.0875. The molecule has 0 bridgehead atoms. The minimum absolute atomic E-state index is 0.0389. The van der Waals surface area contributed by atoms with Crippen LogP contribution < -0.4 is 15.4 Å². The maximum atomic E-state index is 11.2. The van der Waals surface area contributed by atoms with Crippen molar-refractivity contribution in [2.24, 2.45) is 5.73 Å². The van der Waals surface area contributed by atoms with E-state index >= 15 is 0 Å². The highest BCUT2D eigenvalue weighted by molar-refractivity contribution is 5.65. The molecule has 1 aliphatic heterocycles. The molecule has 0 amide bonds. The molecule has 1 fully saturated rings. The second kappa shape index (κ2) is 5.85. The number of hydrogen-bond donors (Lipinski definition) is 1. The van der Waals surface area contributed by atoms with Crippen LogP contribution >= 0.6 is 0 Å². The van der Waals surface area contributed by atoms with Gasteiger partial charge in [-0.05, 0) is 12.1 Å². The minimum atomic E-state index is -0.398. The van der Waals surface area contributed by atoms with Crippen molar-refractivity contribution in [3.63, 3.8) is 0 Å². The van der Waals surface area contributed by atoms with E-state index in [1.807, 2.05) is 4.90 Å². The van der Waals surface area contributed by atoms with Crippen LogP contribution in [0.2, 0.25) is 0 Å². The molecule has 0 spiro atoms. The summed E-state index contributed by atoms with van der Waals surface area (Å²) in [5.41, 5.74) is 6.20. The lowest BCUT2D eigenvalue weighted by Crippen LogP contribution is -2.45. The van der Waals surface area contributed by atoms with Crippen molar-refractivity contribution in [1.82, 2.24) is 0 Å². The van der Waals surface area contributed by atoms with Gasteiger partial charge in [-0.15, -0.1) is 0 Å². The standard InChI is InChI=1S/C12H17N3O4/c1-18-9-2-3-11(12(6-9)15(16)17)14-4-5-19-10(7-13)8-14/h2-3,6,10H,4-5,7-8,13H2,1H3. The monoisotopic (exact) mass is 267 g/mol. The van der Waals surface area contributed by atoms with Gasteiger partial charge in [0.25, 0.3) is 5.69 Å². The molecule has 2 N–H and O–H groups in total. The predicted octanol–water partition coefficient (Wildman–Crippen LogP) is 0.767. The second-order valence-electron chi connectivity index (χ2n) is 4.29. The summed E-state index contributed by atoms with van der Waals surface area (Å²) in [6.45, 7) is 2.10. The van der Waals surface area contributed by atoms with Crippen molar-refractivity contribution < 1.29 is 14.4 Å². The lowest BCUT2D eigenvalue weighted by atomic mass is 10.2. The molecular formula is C12H17N3O4. The Morgan fingerprint density at radius 1 is 1.63 bits per heavy atom. The van der Waals surface area contributed by atoms with Gasteiger partial charge in [0.05, 0.1) is 30.8 Å². The van der Waals surface area contributed by atoms with Crippen molar-refractivity contribution in [2.75, 3.05) is 38.3 Å². The van der Waals surface area contributed by atoms with E-state index in [1.165, 1.54) is 13.2 Å². The number of nitro benzene ring substituents is 1. The van der Waals surface area contributed by atoms with Crippen molar-refractivity contribution in [1.29, 1.82) is 0 Å². The van der Waals surface area contributed by atoms with Gasteiger partial charge in [-0.1, -0.05) is 0 Å². The molecule has 1 unspecified atom stereocenters. The van der Waals surface area contributed by atoms with Crippen LogP contribution in [0.3, 0.4) is 0 Å². The Bertz CT molecular complexity index is 466. The summed E-state index contributed by atoms with van der Waals surface area (Å²) in [7, 11) is 1.48. The van der Waals surface area contributed by atoms with E-state index in [4.69, 9.17) is 15.2 Å². The van der Waals surface area contributed by atoms with Gasteiger partial charge in [-0.2, -0.15) is 0 Å². The highest BCUT2D eigenvalue weighted by Gasteiger charge is 2.25. The molecule has 0 aromatic heterocycles. The first-order chi connectivity index (χ1) is 9.15. The molecular weight excluding hydrogens is 250 g/mol. The van der Waals surface area contributed by atoms with Crippen molar-refractivity contribution in [2.45, 2.75) is 6.10 Å². The number of nitrogens with two attached hydrogens (primary N) is 1. The number of nitrogens with zero attached hydrogens (tertiary/aromatic N) is 2. The molecule has 1 atom stereocenters. The Kier molecular flexibility index (Phi) is 4.18. The molecule has 1 heterocycles. The zero-order valence-corrected chi connectivity index (χ0v) is 10.7. The van der Waals surface area contributed by atoms with Gasteiger partial charge >= 0.3 is 0 Å². The third kappa shape index (κ3) is 2.94. The van der Waals surface area contributed by atoms with E-state index in [9.17, 15) is 10.1 Å². The van der Waals surface area contributed by atoms with Gasteiger partial charge in [0.2, 0.25) is 0 Å². The quantitative estimate of drug-likeness (QED) is 0.640. The third-order valence-electron chi connectivity index (χ3n) is 3.12. The summed E-state index contributed by atoms with van der Waals surface area (Å²) in [5.74, 6) is 0.471. The van der Waals surface area contributed by atoms with Gasteiger partial charge < -0.3 is 20.1 Å². The van der Waals surface area contributed by atoms with Crippen molar-refractivity contribution in [3.8, 4) is 5.75 Å². The maximum absolute atomic E-state index is 11.2. The predicted molar refractivity (Wildman–Crippen MR) is 70.7 cm³/mol. The van der Waals surface area contributed by atoms with E-state index in [1.54, 1.807) is 12.1 Å². The van der Waals surface area contributed by atoms with Crippen molar-refractivity contribution in [3.05, 3.63) is 28.3 Å². The second-order valence-corrected chi connectivity index (χ2v) is 4.29. The minimum Gasteiger partial charge on any atom is -0.496 e. The molecule has 0 saturated carbocycles. The van der Waals surface area contributed by atoms with Crippen LogP contribution in [0.1, 0.15) is 0 Å². The maximum Gasteiger partial charge on any atom is 0.296 e. The molecule has 0 aliphatic carbocycles. The highest BCUT2D eigenvalue weighted by atomic mass is 16.6. The van der Waals surface area contributed by atoms with E-state index < -0.39 is 4.92 Å². The van der Waals surface area contributed by atoms with Crippen LogP contribution in [-0.4, -0.2) is 44.4 Å². The molecule has 1 aromatic rings. The molecule has 7 heteroatoms. The van der Waals surface area contributed by atoms with Crippen LogP contribution in [-0.2, 0) is 4.74 Å². The fourth-order valence-electron chi connectivity index (χ4n) is 2.12. The first-order valence-corrected chi connectivity index (χ1v) is 6.04. The van der Waals surface area contributed by atoms with Crippen LogP contribution in [0.5, 0.6) is 5.75 Å². The van der Waals surface area contributed by atoms with Crippen LogP contribution in [0.25, 0.3) is 0 Å². The molecule has 1 aromatic carbocycles. The molecule has 19 heavy (non-hydrogen) atoms. The number of hydrogen-bond acceptors (Lipinski definition) is 6. The smallest absolute Gasteiger partial charge is 0.296 e. The normalized spacial score (nSPS) is 19.3. The Morgan fingerprint density at radius 3 is 3.05 bits per heavy atom. The van der Waals surface area contributed by atoms with E-state index in [0.717, 1.165) is 0 Å². The van der Waals surface area contributed by atoms with Gasteiger partial charge in [0, 0.05) is 19.6 Å².